The summed E-state index contributed by atoms with van der Waals surface area (Å²) in [6.45, 7) is 0.262. The van der Waals surface area contributed by atoms with Crippen molar-refractivity contribution in [2.45, 2.75) is 43.4 Å². The van der Waals surface area contributed by atoms with Crippen molar-refractivity contribution in [3.8, 4) is 0 Å². The predicted molar refractivity (Wildman–Crippen MR) is 116 cm³/mol. The number of likely N-dealkylation sites (N-methyl/N-ethyl adjacent to an activating group) is 1. The average Bonchev–Trinajstić information content (AvgIpc) is 3.27. The summed E-state index contributed by atoms with van der Waals surface area (Å²) in [6.07, 6.45) is 7.86. The first-order valence-electron chi connectivity index (χ1n) is 10.4. The van der Waals surface area contributed by atoms with E-state index in [-0.39, 0.29) is 23.7 Å². The Bertz CT molecular complexity index is 856. The van der Waals surface area contributed by atoms with Crippen LogP contribution in [0.4, 0.5) is 0 Å². The number of thioether (sulfide) groups is 1. The SMILES string of the molecule is CN(C)C(=O)CN1C(c2ccccc2)=C(C2CCCCC2)C2SC(C(=O)O)=CC21. The highest BCUT2D eigenvalue weighted by Crippen LogP contribution is 2.53. The minimum atomic E-state index is -0.868. The van der Waals surface area contributed by atoms with Crippen LogP contribution < -0.4 is 0 Å². The molecule has 3 aliphatic rings. The van der Waals surface area contributed by atoms with Gasteiger partial charge in [0, 0.05) is 19.8 Å². The summed E-state index contributed by atoms with van der Waals surface area (Å²) in [5, 5.41) is 9.68. The van der Waals surface area contributed by atoms with E-state index in [1.807, 2.05) is 24.3 Å². The van der Waals surface area contributed by atoms with Crippen LogP contribution in [0.25, 0.3) is 5.70 Å². The number of benzene rings is 1. The van der Waals surface area contributed by atoms with E-state index in [1.54, 1.807) is 19.0 Å². The highest BCUT2D eigenvalue weighted by atomic mass is 32.2. The van der Waals surface area contributed by atoms with E-state index in [0.717, 1.165) is 24.1 Å². The Morgan fingerprint density at radius 1 is 1.14 bits per heavy atom. The van der Waals surface area contributed by atoms with Gasteiger partial charge in [0.15, 0.2) is 0 Å². The number of nitrogens with zero attached hydrogens (tertiary/aromatic N) is 2. The van der Waals surface area contributed by atoms with Crippen molar-refractivity contribution in [2.24, 2.45) is 5.92 Å². The van der Waals surface area contributed by atoms with E-state index in [1.165, 1.54) is 36.6 Å². The maximum Gasteiger partial charge on any atom is 0.341 e. The molecule has 154 valence electrons. The lowest BCUT2D eigenvalue weighted by Gasteiger charge is -2.29. The lowest BCUT2D eigenvalue weighted by atomic mass is 9.81. The van der Waals surface area contributed by atoms with Crippen LogP contribution in [0.5, 0.6) is 0 Å². The number of fused-ring (bicyclic) bond motifs is 1. The third-order valence-corrected chi connectivity index (χ3v) is 7.57. The smallest absolute Gasteiger partial charge is 0.341 e. The molecule has 2 aliphatic heterocycles. The van der Waals surface area contributed by atoms with Crippen molar-refractivity contribution in [2.75, 3.05) is 20.6 Å². The number of carbonyl (C=O) groups is 2. The summed E-state index contributed by atoms with van der Waals surface area (Å²) in [6, 6.07) is 10.2. The molecule has 1 saturated carbocycles. The molecule has 1 fully saturated rings. The molecular formula is C23H28N2O3S. The maximum absolute atomic E-state index is 12.7. The second-order valence-electron chi connectivity index (χ2n) is 8.29. The summed E-state index contributed by atoms with van der Waals surface area (Å²) in [5.74, 6) is -0.378. The molecule has 0 saturated heterocycles. The predicted octanol–water partition coefficient (Wildman–Crippen LogP) is 3.83. The molecule has 6 heteroatoms. The normalized spacial score (nSPS) is 24.5. The summed E-state index contributed by atoms with van der Waals surface area (Å²) in [5.41, 5.74) is 3.63. The van der Waals surface area contributed by atoms with Crippen molar-refractivity contribution in [3.05, 3.63) is 52.4 Å². The Kier molecular flexibility index (Phi) is 5.72. The molecule has 2 unspecified atom stereocenters. The second kappa shape index (κ2) is 8.27. The van der Waals surface area contributed by atoms with Crippen LogP contribution in [0, 0.1) is 5.92 Å². The highest BCUT2D eigenvalue weighted by Gasteiger charge is 2.48. The molecule has 1 amide bonds. The molecule has 2 heterocycles. The molecule has 1 aliphatic carbocycles. The summed E-state index contributed by atoms with van der Waals surface area (Å²) < 4.78 is 0. The van der Waals surface area contributed by atoms with Crippen LogP contribution in [-0.2, 0) is 9.59 Å². The van der Waals surface area contributed by atoms with Crippen LogP contribution in [-0.4, -0.2) is 58.7 Å². The van der Waals surface area contributed by atoms with Gasteiger partial charge in [0.1, 0.15) is 0 Å². The third kappa shape index (κ3) is 3.82. The molecule has 1 N–H and O–H groups in total. The third-order valence-electron chi connectivity index (χ3n) is 6.22. The zero-order valence-corrected chi connectivity index (χ0v) is 17.8. The van der Waals surface area contributed by atoms with Gasteiger partial charge in [-0.25, -0.2) is 4.79 Å². The van der Waals surface area contributed by atoms with Crippen LogP contribution in [0.3, 0.4) is 0 Å². The molecule has 0 bridgehead atoms. The summed E-state index contributed by atoms with van der Waals surface area (Å²) in [7, 11) is 3.54. The van der Waals surface area contributed by atoms with Crippen LogP contribution in [0.1, 0.15) is 37.7 Å². The number of aliphatic carboxylic acids is 1. The van der Waals surface area contributed by atoms with Crippen molar-refractivity contribution in [1.82, 2.24) is 9.80 Å². The lowest BCUT2D eigenvalue weighted by molar-refractivity contribution is -0.131. The minimum Gasteiger partial charge on any atom is -0.477 e. The van der Waals surface area contributed by atoms with Gasteiger partial charge in [-0.15, -0.1) is 11.8 Å². The van der Waals surface area contributed by atoms with E-state index >= 15 is 0 Å². The number of hydrogen-bond donors (Lipinski definition) is 1. The molecular weight excluding hydrogens is 384 g/mol. The zero-order valence-electron chi connectivity index (χ0n) is 17.0. The van der Waals surface area contributed by atoms with E-state index in [9.17, 15) is 14.7 Å². The zero-order chi connectivity index (χ0) is 20.5. The van der Waals surface area contributed by atoms with Crippen LogP contribution in [0.2, 0.25) is 0 Å². The van der Waals surface area contributed by atoms with E-state index in [4.69, 9.17) is 0 Å². The summed E-state index contributed by atoms with van der Waals surface area (Å²) >= 11 is 1.47. The van der Waals surface area contributed by atoms with Gasteiger partial charge in [-0.05, 0) is 36.0 Å². The van der Waals surface area contributed by atoms with E-state index in [0.29, 0.717) is 10.8 Å². The molecule has 4 rings (SSSR count). The topological polar surface area (TPSA) is 60.9 Å². The first-order chi connectivity index (χ1) is 14.0. The first-order valence-corrected chi connectivity index (χ1v) is 11.2. The monoisotopic (exact) mass is 412 g/mol. The number of carboxylic acids is 1. The van der Waals surface area contributed by atoms with Gasteiger partial charge >= 0.3 is 5.97 Å². The first kappa shape index (κ1) is 20.1. The molecule has 0 spiro atoms. The Morgan fingerprint density at radius 3 is 2.45 bits per heavy atom. The number of rotatable bonds is 5. The molecule has 0 radical (unpaired) electrons. The second-order valence-corrected chi connectivity index (χ2v) is 9.47. The fourth-order valence-electron chi connectivity index (χ4n) is 4.80. The van der Waals surface area contributed by atoms with Crippen molar-refractivity contribution in [3.63, 3.8) is 0 Å². The van der Waals surface area contributed by atoms with Crippen molar-refractivity contribution in [1.29, 1.82) is 0 Å². The Hall–Kier alpha value is -2.21. The van der Waals surface area contributed by atoms with E-state index < -0.39 is 5.97 Å². The van der Waals surface area contributed by atoms with Gasteiger partial charge in [-0.3, -0.25) is 4.79 Å². The number of carboxylic acid groups (broad SMARTS) is 1. The Labute approximate surface area is 176 Å². The molecule has 1 aromatic carbocycles. The van der Waals surface area contributed by atoms with Gasteiger partial charge < -0.3 is 14.9 Å². The average molecular weight is 413 g/mol. The quantitative estimate of drug-likeness (QED) is 0.796. The van der Waals surface area contributed by atoms with Crippen molar-refractivity contribution < 1.29 is 14.7 Å². The van der Waals surface area contributed by atoms with Gasteiger partial charge in [-0.1, -0.05) is 49.6 Å². The molecule has 5 nitrogen and oxygen atoms in total. The van der Waals surface area contributed by atoms with Gasteiger partial charge in [0.2, 0.25) is 5.91 Å². The van der Waals surface area contributed by atoms with Gasteiger partial charge in [-0.2, -0.15) is 0 Å². The van der Waals surface area contributed by atoms with Crippen LogP contribution >= 0.6 is 11.8 Å². The standard InChI is InChI=1S/C23H28N2O3S/c1-24(2)19(26)14-25-17-13-18(23(27)28)29-22(17)20(15-9-5-3-6-10-15)21(25)16-11-7-4-8-12-16/h4,7-8,11-13,15,17,22H,3,5-6,9-10,14H2,1-2H3,(H,27,28). The Morgan fingerprint density at radius 2 is 1.83 bits per heavy atom. The van der Waals surface area contributed by atoms with Crippen LogP contribution in [0.15, 0.2) is 46.9 Å². The number of amides is 1. The number of hydrogen-bond acceptors (Lipinski definition) is 4. The molecule has 0 aromatic heterocycles. The van der Waals surface area contributed by atoms with Gasteiger partial charge in [0.05, 0.1) is 22.7 Å². The van der Waals surface area contributed by atoms with Gasteiger partial charge in [0.25, 0.3) is 0 Å². The fraction of sp³-hybridized carbons (Fsp3) is 0.478. The number of carbonyl (C=O) groups excluding carboxylic acids is 1. The maximum atomic E-state index is 12.7. The minimum absolute atomic E-state index is 0.0317. The highest BCUT2D eigenvalue weighted by molar-refractivity contribution is 8.05. The fourth-order valence-corrected chi connectivity index (χ4v) is 6.19. The van der Waals surface area contributed by atoms with Crippen molar-refractivity contribution >= 4 is 29.3 Å². The molecule has 1 aromatic rings. The molecule has 2 atom stereocenters. The summed E-state index contributed by atoms with van der Waals surface area (Å²) in [4.78, 5) is 28.6. The largest absolute Gasteiger partial charge is 0.477 e. The van der Waals surface area contributed by atoms with E-state index in [2.05, 4.69) is 17.0 Å². The lowest BCUT2D eigenvalue weighted by Crippen LogP contribution is -2.40. The Balaban J connectivity index is 1.82. The molecule has 29 heavy (non-hydrogen) atoms.